The van der Waals surface area contributed by atoms with E-state index >= 15 is 0 Å². The highest BCUT2D eigenvalue weighted by Crippen LogP contribution is 2.17. The van der Waals surface area contributed by atoms with Crippen molar-refractivity contribution >= 4 is 23.2 Å². The lowest BCUT2D eigenvalue weighted by Crippen LogP contribution is -2.46. The molecule has 1 aliphatic rings. The van der Waals surface area contributed by atoms with Gasteiger partial charge in [0.25, 0.3) is 0 Å². The van der Waals surface area contributed by atoms with Crippen LogP contribution in [0.15, 0.2) is 22.0 Å². The van der Waals surface area contributed by atoms with Crippen LogP contribution in [0.5, 0.6) is 0 Å². The van der Waals surface area contributed by atoms with Gasteiger partial charge in [-0.3, -0.25) is 9.59 Å². The van der Waals surface area contributed by atoms with Gasteiger partial charge in [0.15, 0.2) is 5.82 Å². The first-order valence-corrected chi connectivity index (χ1v) is 9.42. The molecule has 1 fully saturated rings. The van der Waals surface area contributed by atoms with Gasteiger partial charge < -0.3 is 19.5 Å². The van der Waals surface area contributed by atoms with Gasteiger partial charge in [-0.05, 0) is 24.3 Å². The van der Waals surface area contributed by atoms with E-state index in [2.05, 4.69) is 15.5 Å². The smallest absolute Gasteiger partial charge is 0.248 e. The van der Waals surface area contributed by atoms with E-state index in [-0.39, 0.29) is 30.9 Å². The maximum absolute atomic E-state index is 12.4. The number of piperidine rings is 1. The zero-order valence-corrected chi connectivity index (χ0v) is 15.5. The number of thiophene rings is 1. The molecule has 1 saturated heterocycles. The fourth-order valence-corrected chi connectivity index (χ4v) is 3.64. The van der Waals surface area contributed by atoms with Crippen molar-refractivity contribution in [2.45, 2.75) is 25.8 Å². The number of aromatic nitrogens is 2. The summed E-state index contributed by atoms with van der Waals surface area (Å²) in [5.74, 6) is 0.579. The number of nitrogens with zero attached hydrogens (tertiary/aromatic N) is 3. The van der Waals surface area contributed by atoms with Gasteiger partial charge in [-0.1, -0.05) is 11.2 Å². The monoisotopic (exact) mass is 378 g/mol. The third-order valence-electron chi connectivity index (χ3n) is 4.25. The zero-order valence-electron chi connectivity index (χ0n) is 14.6. The van der Waals surface area contributed by atoms with Crippen LogP contribution in [0.25, 0.3) is 0 Å². The van der Waals surface area contributed by atoms with Gasteiger partial charge >= 0.3 is 0 Å². The molecule has 0 saturated carbocycles. The van der Waals surface area contributed by atoms with E-state index < -0.39 is 0 Å². The van der Waals surface area contributed by atoms with Crippen molar-refractivity contribution in [3.8, 4) is 0 Å². The Morgan fingerprint density at radius 1 is 1.50 bits per heavy atom. The molecule has 0 radical (unpaired) electrons. The molecule has 8 nitrogen and oxygen atoms in total. The molecule has 0 aliphatic carbocycles. The Bertz CT molecular complexity index is 731. The maximum Gasteiger partial charge on any atom is 0.248 e. The predicted octanol–water partition coefficient (Wildman–Crippen LogP) is 1.22. The number of nitrogens with one attached hydrogen (secondary N) is 1. The topological polar surface area (TPSA) is 97.6 Å². The summed E-state index contributed by atoms with van der Waals surface area (Å²) >= 11 is 1.64. The second-order valence-corrected chi connectivity index (χ2v) is 7.22. The first kappa shape index (κ1) is 18.5. The number of carbonyl (C=O) groups excluding carboxylic acids is 2. The largest absolute Gasteiger partial charge is 0.375 e. The molecule has 9 heteroatoms. The molecule has 0 bridgehead atoms. The van der Waals surface area contributed by atoms with Crippen LogP contribution in [-0.2, 0) is 27.3 Å². The van der Waals surface area contributed by atoms with E-state index in [0.717, 1.165) is 17.7 Å². The minimum absolute atomic E-state index is 0.0450. The van der Waals surface area contributed by atoms with Crippen LogP contribution < -0.4 is 5.32 Å². The number of carbonyl (C=O) groups is 2. The molecule has 3 rings (SSSR count). The van der Waals surface area contributed by atoms with Gasteiger partial charge in [-0.2, -0.15) is 4.98 Å². The highest BCUT2D eigenvalue weighted by atomic mass is 32.1. The Hall–Kier alpha value is -2.26. The number of rotatable bonds is 7. The fourth-order valence-electron chi connectivity index (χ4n) is 2.94. The SMILES string of the molecule is COCC(=O)N1CCC[C@H](C(=O)NCc2nc(Cc3cccs3)no2)C1. The summed E-state index contributed by atoms with van der Waals surface area (Å²) in [7, 11) is 1.49. The van der Waals surface area contributed by atoms with E-state index in [1.807, 2.05) is 17.5 Å². The van der Waals surface area contributed by atoms with Crippen molar-refractivity contribution < 1.29 is 18.8 Å². The van der Waals surface area contributed by atoms with Crippen LogP contribution in [0.3, 0.4) is 0 Å². The number of hydrogen-bond donors (Lipinski definition) is 1. The first-order chi connectivity index (χ1) is 12.7. The molecule has 2 aromatic rings. The van der Waals surface area contributed by atoms with E-state index in [0.29, 0.717) is 31.2 Å². The number of methoxy groups -OCH3 is 1. The Morgan fingerprint density at radius 2 is 2.38 bits per heavy atom. The summed E-state index contributed by atoms with van der Waals surface area (Å²) < 4.78 is 10.1. The lowest BCUT2D eigenvalue weighted by Gasteiger charge is -2.31. The Balaban J connectivity index is 1.47. The number of likely N-dealkylation sites (tertiary alicyclic amines) is 1. The van der Waals surface area contributed by atoms with Gasteiger partial charge in [0.05, 0.1) is 12.5 Å². The standard InChI is InChI=1S/C17H22N4O4S/c1-24-11-16(22)21-6-2-4-12(10-21)17(23)18-9-15-19-14(20-25-15)8-13-5-3-7-26-13/h3,5,7,12H,2,4,6,8-11H2,1H3,(H,18,23)/t12-/m0/s1. The molecule has 2 amide bonds. The Labute approximate surface area is 155 Å². The van der Waals surface area contributed by atoms with Crippen molar-refractivity contribution in [3.05, 3.63) is 34.1 Å². The zero-order chi connectivity index (χ0) is 18.4. The third kappa shape index (κ3) is 4.89. The fraction of sp³-hybridized carbons (Fsp3) is 0.529. The molecule has 1 N–H and O–H groups in total. The van der Waals surface area contributed by atoms with E-state index in [1.165, 1.54) is 7.11 Å². The van der Waals surface area contributed by atoms with Gasteiger partial charge in [-0.15, -0.1) is 11.3 Å². The predicted molar refractivity (Wildman–Crippen MR) is 94.4 cm³/mol. The summed E-state index contributed by atoms with van der Waals surface area (Å²) in [5.41, 5.74) is 0. The first-order valence-electron chi connectivity index (χ1n) is 8.54. The summed E-state index contributed by atoms with van der Waals surface area (Å²) in [6, 6.07) is 3.99. The van der Waals surface area contributed by atoms with Crippen LogP contribution in [0.1, 0.15) is 29.4 Å². The number of amides is 2. The minimum Gasteiger partial charge on any atom is -0.375 e. The molecule has 3 heterocycles. The summed E-state index contributed by atoms with van der Waals surface area (Å²) in [5, 5.41) is 8.77. The molecule has 1 aliphatic heterocycles. The molecule has 2 aromatic heterocycles. The van der Waals surface area contributed by atoms with Gasteiger partial charge in [-0.25, -0.2) is 0 Å². The molecule has 140 valence electrons. The van der Waals surface area contributed by atoms with Crippen LogP contribution >= 0.6 is 11.3 Å². The Kier molecular flexibility index (Phi) is 6.35. The highest BCUT2D eigenvalue weighted by Gasteiger charge is 2.28. The van der Waals surface area contributed by atoms with Crippen molar-refractivity contribution in [2.75, 3.05) is 26.8 Å². The average molecular weight is 378 g/mol. The lowest BCUT2D eigenvalue weighted by atomic mass is 9.97. The van der Waals surface area contributed by atoms with Crippen molar-refractivity contribution in [1.29, 1.82) is 0 Å². The van der Waals surface area contributed by atoms with Crippen molar-refractivity contribution in [3.63, 3.8) is 0 Å². The molecule has 0 spiro atoms. The van der Waals surface area contributed by atoms with Crippen LogP contribution in [0.4, 0.5) is 0 Å². The van der Waals surface area contributed by atoms with E-state index in [4.69, 9.17) is 9.26 Å². The molecular weight excluding hydrogens is 356 g/mol. The molecular formula is C17H22N4O4S. The van der Waals surface area contributed by atoms with Crippen LogP contribution in [-0.4, -0.2) is 53.7 Å². The van der Waals surface area contributed by atoms with Crippen molar-refractivity contribution in [2.24, 2.45) is 5.92 Å². The highest BCUT2D eigenvalue weighted by molar-refractivity contribution is 7.09. The molecule has 26 heavy (non-hydrogen) atoms. The summed E-state index contributed by atoms with van der Waals surface area (Å²) in [6.45, 7) is 1.32. The third-order valence-corrected chi connectivity index (χ3v) is 5.13. The second kappa shape index (κ2) is 8.91. The van der Waals surface area contributed by atoms with Gasteiger partial charge in [0, 0.05) is 31.5 Å². The molecule has 0 aromatic carbocycles. The lowest BCUT2D eigenvalue weighted by molar-refractivity contribution is -0.139. The average Bonchev–Trinajstić information content (AvgIpc) is 3.32. The quantitative estimate of drug-likeness (QED) is 0.778. The number of hydrogen-bond acceptors (Lipinski definition) is 7. The van der Waals surface area contributed by atoms with Gasteiger partial charge in [0.2, 0.25) is 17.7 Å². The number of ether oxygens (including phenoxy) is 1. The van der Waals surface area contributed by atoms with Crippen molar-refractivity contribution in [1.82, 2.24) is 20.4 Å². The van der Waals surface area contributed by atoms with Crippen LogP contribution in [0, 0.1) is 5.92 Å². The normalized spacial score (nSPS) is 17.3. The molecule has 1 atom stereocenters. The summed E-state index contributed by atoms with van der Waals surface area (Å²) in [6.07, 6.45) is 2.18. The van der Waals surface area contributed by atoms with E-state index in [9.17, 15) is 9.59 Å². The van der Waals surface area contributed by atoms with Crippen LogP contribution in [0.2, 0.25) is 0 Å². The van der Waals surface area contributed by atoms with Gasteiger partial charge in [0.1, 0.15) is 6.61 Å². The minimum atomic E-state index is -0.224. The summed E-state index contributed by atoms with van der Waals surface area (Å²) in [4.78, 5) is 31.5. The molecule has 0 unspecified atom stereocenters. The van der Waals surface area contributed by atoms with E-state index in [1.54, 1.807) is 16.2 Å². The maximum atomic E-state index is 12.4. The second-order valence-electron chi connectivity index (χ2n) is 6.19. The Morgan fingerprint density at radius 3 is 3.15 bits per heavy atom.